The highest BCUT2D eigenvalue weighted by atomic mass is 19.4. The van der Waals surface area contributed by atoms with E-state index in [1.54, 1.807) is 11.0 Å². The van der Waals surface area contributed by atoms with Crippen LogP contribution in [0.3, 0.4) is 0 Å². The van der Waals surface area contributed by atoms with Gasteiger partial charge in [0.2, 0.25) is 5.91 Å². The molecule has 6 heteroatoms. The maximum atomic E-state index is 12.7. The van der Waals surface area contributed by atoms with Crippen molar-refractivity contribution in [3.8, 4) is 0 Å². The van der Waals surface area contributed by atoms with Gasteiger partial charge in [0, 0.05) is 13.0 Å². The molecule has 0 spiro atoms. The Bertz CT molecular complexity index is 525. The maximum absolute atomic E-state index is 12.7. The third-order valence-electron chi connectivity index (χ3n) is 3.77. The third-order valence-corrected chi connectivity index (χ3v) is 3.77. The monoisotopic (exact) mass is 285 g/mol. The Morgan fingerprint density at radius 3 is 2.75 bits per heavy atom. The number of rotatable bonds is 3. The Hall–Kier alpha value is -1.56. The van der Waals surface area contributed by atoms with Crippen molar-refractivity contribution in [2.24, 2.45) is 0 Å². The van der Waals surface area contributed by atoms with Crippen LogP contribution in [0, 0.1) is 0 Å². The number of benzene rings is 1. The number of nitrogens with zero attached hydrogens (tertiary/aromatic N) is 1. The van der Waals surface area contributed by atoms with Crippen molar-refractivity contribution in [2.75, 3.05) is 6.61 Å². The smallest absolute Gasteiger partial charge is 0.371 e. The zero-order valence-electron chi connectivity index (χ0n) is 10.7. The number of ether oxygens (including phenoxy) is 1. The maximum Gasteiger partial charge on any atom is 0.416 e. The van der Waals surface area contributed by atoms with Gasteiger partial charge in [-0.15, -0.1) is 0 Å². The Labute approximate surface area is 114 Å². The van der Waals surface area contributed by atoms with Crippen LogP contribution in [0.5, 0.6) is 0 Å². The predicted molar refractivity (Wildman–Crippen MR) is 64.8 cm³/mol. The molecule has 1 amide bonds. The van der Waals surface area contributed by atoms with Crippen LogP contribution in [0.15, 0.2) is 24.3 Å². The zero-order valence-corrected chi connectivity index (χ0v) is 10.7. The molecule has 3 nitrogen and oxygen atoms in total. The third kappa shape index (κ3) is 2.65. The number of amides is 1. The van der Waals surface area contributed by atoms with E-state index in [9.17, 15) is 18.0 Å². The minimum atomic E-state index is -4.36. The summed E-state index contributed by atoms with van der Waals surface area (Å²) in [6.45, 7) is 0.852. The molecular formula is C14H14F3NO2. The van der Waals surface area contributed by atoms with Crippen LogP contribution < -0.4 is 0 Å². The van der Waals surface area contributed by atoms with E-state index in [1.165, 1.54) is 6.07 Å². The van der Waals surface area contributed by atoms with Crippen LogP contribution >= 0.6 is 0 Å². The highest BCUT2D eigenvalue weighted by Gasteiger charge is 2.42. The number of carbonyl (C=O) groups excluding carboxylic acids is 1. The van der Waals surface area contributed by atoms with E-state index < -0.39 is 11.7 Å². The van der Waals surface area contributed by atoms with Gasteiger partial charge in [-0.25, -0.2) is 0 Å². The lowest BCUT2D eigenvalue weighted by Gasteiger charge is -2.24. The second-order valence-corrected chi connectivity index (χ2v) is 5.20. The first kappa shape index (κ1) is 13.4. The Morgan fingerprint density at radius 1 is 1.35 bits per heavy atom. The fraction of sp³-hybridized carbons (Fsp3) is 0.500. The average molecular weight is 285 g/mol. The zero-order chi connectivity index (χ0) is 14.3. The lowest BCUT2D eigenvalue weighted by atomic mass is 10.1. The van der Waals surface area contributed by atoms with Gasteiger partial charge in [-0.05, 0) is 24.1 Å². The SMILES string of the molecule is O=C1CC[C@H](C2CO2)N1Cc1cccc(C(F)(F)F)c1. The molecule has 2 heterocycles. The van der Waals surface area contributed by atoms with Crippen molar-refractivity contribution in [1.29, 1.82) is 0 Å². The van der Waals surface area contributed by atoms with Crippen LogP contribution in [-0.4, -0.2) is 29.6 Å². The summed E-state index contributed by atoms with van der Waals surface area (Å²) in [4.78, 5) is 13.5. The molecule has 0 radical (unpaired) electrons. The van der Waals surface area contributed by atoms with Crippen LogP contribution in [0.25, 0.3) is 0 Å². The molecule has 0 bridgehead atoms. The van der Waals surface area contributed by atoms with Gasteiger partial charge in [-0.2, -0.15) is 13.2 Å². The van der Waals surface area contributed by atoms with Gasteiger partial charge < -0.3 is 9.64 Å². The first-order valence-corrected chi connectivity index (χ1v) is 6.52. The van der Waals surface area contributed by atoms with E-state index in [1.807, 2.05) is 0 Å². The van der Waals surface area contributed by atoms with E-state index in [2.05, 4.69) is 0 Å². The van der Waals surface area contributed by atoms with Crippen LogP contribution in [0.1, 0.15) is 24.0 Å². The minimum Gasteiger partial charge on any atom is -0.371 e. The van der Waals surface area contributed by atoms with Gasteiger partial charge in [-0.3, -0.25) is 4.79 Å². The highest BCUT2D eigenvalue weighted by molar-refractivity contribution is 5.79. The molecule has 0 aliphatic carbocycles. The largest absolute Gasteiger partial charge is 0.416 e. The molecule has 0 aromatic heterocycles. The quantitative estimate of drug-likeness (QED) is 0.800. The summed E-state index contributed by atoms with van der Waals surface area (Å²) in [7, 11) is 0. The molecule has 2 fully saturated rings. The molecule has 2 aliphatic heterocycles. The van der Waals surface area contributed by atoms with Crippen molar-refractivity contribution in [2.45, 2.75) is 37.7 Å². The Balaban J connectivity index is 1.78. The van der Waals surface area contributed by atoms with E-state index in [0.29, 0.717) is 18.6 Å². The van der Waals surface area contributed by atoms with Gasteiger partial charge in [0.05, 0.1) is 18.2 Å². The molecule has 1 unspecified atom stereocenters. The van der Waals surface area contributed by atoms with Gasteiger partial charge in [0.15, 0.2) is 0 Å². The van der Waals surface area contributed by atoms with Crippen LogP contribution in [0.2, 0.25) is 0 Å². The fourth-order valence-electron chi connectivity index (χ4n) is 2.67. The molecular weight excluding hydrogens is 271 g/mol. The van der Waals surface area contributed by atoms with Crippen molar-refractivity contribution in [3.63, 3.8) is 0 Å². The van der Waals surface area contributed by atoms with E-state index in [-0.39, 0.29) is 24.6 Å². The summed E-state index contributed by atoms with van der Waals surface area (Å²) in [5.74, 6) is -0.0112. The first-order chi connectivity index (χ1) is 9.45. The van der Waals surface area contributed by atoms with E-state index in [4.69, 9.17) is 4.74 Å². The molecule has 0 saturated carbocycles. The minimum absolute atomic E-state index is 0.0112. The van der Waals surface area contributed by atoms with Gasteiger partial charge in [-0.1, -0.05) is 12.1 Å². The summed E-state index contributed by atoms with van der Waals surface area (Å²) in [5.41, 5.74) is -0.179. The normalized spacial score (nSPS) is 26.1. The molecule has 20 heavy (non-hydrogen) atoms. The van der Waals surface area contributed by atoms with Crippen molar-refractivity contribution in [3.05, 3.63) is 35.4 Å². The van der Waals surface area contributed by atoms with Gasteiger partial charge in [0.1, 0.15) is 6.10 Å². The van der Waals surface area contributed by atoms with Crippen molar-refractivity contribution in [1.82, 2.24) is 4.90 Å². The fourth-order valence-corrected chi connectivity index (χ4v) is 2.67. The number of halogens is 3. The second-order valence-electron chi connectivity index (χ2n) is 5.20. The van der Waals surface area contributed by atoms with Crippen molar-refractivity contribution < 1.29 is 22.7 Å². The molecule has 3 rings (SSSR count). The lowest BCUT2D eigenvalue weighted by Crippen LogP contribution is -2.36. The van der Waals surface area contributed by atoms with Crippen LogP contribution in [-0.2, 0) is 22.3 Å². The lowest BCUT2D eigenvalue weighted by molar-refractivity contribution is -0.137. The highest BCUT2D eigenvalue weighted by Crippen LogP contribution is 2.32. The number of carbonyl (C=O) groups is 1. The summed E-state index contributed by atoms with van der Waals surface area (Å²) < 4.78 is 43.2. The molecule has 2 aliphatic rings. The Morgan fingerprint density at radius 2 is 2.10 bits per heavy atom. The Kier molecular flexibility index (Phi) is 3.20. The summed E-state index contributed by atoms with van der Waals surface area (Å²) in [6, 6.07) is 5.15. The number of hydrogen-bond acceptors (Lipinski definition) is 2. The van der Waals surface area contributed by atoms with Gasteiger partial charge >= 0.3 is 6.18 Å². The summed E-state index contributed by atoms with van der Waals surface area (Å²) >= 11 is 0. The molecule has 0 N–H and O–H groups in total. The molecule has 2 saturated heterocycles. The number of hydrogen-bond donors (Lipinski definition) is 0. The molecule has 2 atom stereocenters. The van der Waals surface area contributed by atoms with Gasteiger partial charge in [0.25, 0.3) is 0 Å². The number of likely N-dealkylation sites (tertiary alicyclic amines) is 1. The molecule has 108 valence electrons. The molecule has 1 aromatic carbocycles. The van der Waals surface area contributed by atoms with Crippen molar-refractivity contribution >= 4 is 5.91 Å². The summed E-state index contributed by atoms with van der Waals surface area (Å²) in [6.07, 6.45) is -3.12. The second kappa shape index (κ2) is 4.77. The number of alkyl halides is 3. The molecule has 1 aromatic rings. The van der Waals surface area contributed by atoms with E-state index >= 15 is 0 Å². The van der Waals surface area contributed by atoms with E-state index in [0.717, 1.165) is 18.6 Å². The average Bonchev–Trinajstić information content (AvgIpc) is 3.16. The predicted octanol–water partition coefficient (Wildman–Crippen LogP) is 2.60. The van der Waals surface area contributed by atoms with Crippen LogP contribution in [0.4, 0.5) is 13.2 Å². The first-order valence-electron chi connectivity index (χ1n) is 6.52. The number of epoxide rings is 1. The topological polar surface area (TPSA) is 32.8 Å². The summed E-state index contributed by atoms with van der Waals surface area (Å²) in [5, 5.41) is 0. The standard InChI is InChI=1S/C14H14F3NO2/c15-14(16,17)10-3-1-2-9(6-10)7-18-11(12-8-20-12)4-5-13(18)19/h1-3,6,11-12H,4-5,7-8H2/t11-,12?/m1/s1.